The summed E-state index contributed by atoms with van der Waals surface area (Å²) in [5.74, 6) is 1.60. The molecule has 1 aromatic rings. The number of hydrogen-bond acceptors (Lipinski definition) is 4. The predicted octanol–water partition coefficient (Wildman–Crippen LogP) is 0.386. The van der Waals surface area contributed by atoms with E-state index in [1.165, 1.54) is 0 Å². The molecule has 0 aromatic carbocycles. The lowest BCUT2D eigenvalue weighted by Gasteiger charge is -2.09. The number of aromatic nitrogens is 2. The van der Waals surface area contributed by atoms with Crippen molar-refractivity contribution in [1.29, 1.82) is 0 Å². The molecular formula is C8H13N3O2. The van der Waals surface area contributed by atoms with E-state index in [1.54, 1.807) is 7.11 Å². The van der Waals surface area contributed by atoms with Crippen LogP contribution in [0, 0.1) is 0 Å². The highest BCUT2D eigenvalue weighted by Gasteiger charge is 2.14. The number of rotatable bonds is 3. The lowest BCUT2D eigenvalue weighted by Crippen LogP contribution is -2.11. The van der Waals surface area contributed by atoms with E-state index >= 15 is 0 Å². The molecule has 2 heterocycles. The smallest absolute Gasteiger partial charge is 0.235 e. The minimum Gasteiger partial charge on any atom is -0.476 e. The Labute approximate surface area is 76.4 Å². The van der Waals surface area contributed by atoms with Crippen molar-refractivity contribution in [1.82, 2.24) is 15.4 Å². The van der Waals surface area contributed by atoms with Gasteiger partial charge in [-0.05, 0) is 12.8 Å². The molecule has 5 heteroatoms. The van der Waals surface area contributed by atoms with Gasteiger partial charge in [-0.25, -0.2) is 0 Å². The average Bonchev–Trinajstić information content (AvgIpc) is 2.57. The summed E-state index contributed by atoms with van der Waals surface area (Å²) in [6.45, 7) is 1.35. The Kier molecular flexibility index (Phi) is 2.47. The van der Waals surface area contributed by atoms with Gasteiger partial charge in [-0.2, -0.15) is 10.5 Å². The van der Waals surface area contributed by atoms with Crippen LogP contribution in [0.1, 0.15) is 17.9 Å². The van der Waals surface area contributed by atoms with Gasteiger partial charge in [-0.1, -0.05) is 0 Å². The van der Waals surface area contributed by atoms with Gasteiger partial charge < -0.3 is 14.6 Å². The minimum atomic E-state index is 0.576. The van der Waals surface area contributed by atoms with Gasteiger partial charge in [0, 0.05) is 0 Å². The fourth-order valence-electron chi connectivity index (χ4n) is 1.38. The highest BCUT2D eigenvalue weighted by Crippen LogP contribution is 2.21. The third kappa shape index (κ3) is 1.81. The summed E-state index contributed by atoms with van der Waals surface area (Å²) >= 11 is 0. The minimum absolute atomic E-state index is 0.576. The van der Waals surface area contributed by atoms with Gasteiger partial charge in [0.25, 0.3) is 0 Å². The van der Waals surface area contributed by atoms with Crippen molar-refractivity contribution in [2.75, 3.05) is 13.7 Å². The molecule has 0 aliphatic carbocycles. The van der Waals surface area contributed by atoms with Crippen molar-refractivity contribution >= 4 is 0 Å². The zero-order valence-corrected chi connectivity index (χ0v) is 7.59. The van der Waals surface area contributed by atoms with Crippen LogP contribution in [0.25, 0.3) is 0 Å². The number of H-pyrrole nitrogens is 1. The van der Waals surface area contributed by atoms with E-state index < -0.39 is 0 Å². The van der Waals surface area contributed by atoms with E-state index in [0.29, 0.717) is 6.54 Å². The van der Waals surface area contributed by atoms with Gasteiger partial charge in [-0.3, -0.25) is 0 Å². The van der Waals surface area contributed by atoms with Gasteiger partial charge in [0.2, 0.25) is 5.88 Å². The molecule has 2 rings (SSSR count). The van der Waals surface area contributed by atoms with Crippen molar-refractivity contribution < 1.29 is 9.57 Å². The Bertz CT molecular complexity index is 261. The second-order valence-corrected chi connectivity index (χ2v) is 2.94. The molecule has 0 bridgehead atoms. The van der Waals surface area contributed by atoms with Crippen LogP contribution in [-0.2, 0) is 17.8 Å². The second kappa shape index (κ2) is 3.76. The molecule has 0 radical (unpaired) electrons. The van der Waals surface area contributed by atoms with E-state index in [4.69, 9.17) is 9.57 Å². The maximum absolute atomic E-state index is 5.37. The summed E-state index contributed by atoms with van der Waals surface area (Å²) in [5, 5.41) is 0. The number of nitrogens with one attached hydrogen (secondary N) is 2. The van der Waals surface area contributed by atoms with Crippen molar-refractivity contribution in [3.8, 4) is 5.88 Å². The predicted molar refractivity (Wildman–Crippen MR) is 46.3 cm³/mol. The topological polar surface area (TPSA) is 59.2 Å². The number of aromatic amines is 1. The number of ether oxygens (including phenoxy) is 1. The van der Waals surface area contributed by atoms with Gasteiger partial charge in [-0.15, -0.1) is 0 Å². The number of aryl methyl sites for hydroxylation is 1. The SMILES string of the molecule is CONCc1nc2c([nH]1)CCCO2. The zero-order chi connectivity index (χ0) is 9.10. The number of fused-ring (bicyclic) bond motifs is 1. The van der Waals surface area contributed by atoms with E-state index in [9.17, 15) is 0 Å². The first-order valence-corrected chi connectivity index (χ1v) is 4.36. The van der Waals surface area contributed by atoms with E-state index in [-0.39, 0.29) is 0 Å². The van der Waals surface area contributed by atoms with Gasteiger partial charge in [0.1, 0.15) is 5.82 Å². The van der Waals surface area contributed by atoms with Crippen LogP contribution in [0.15, 0.2) is 0 Å². The molecule has 0 atom stereocenters. The van der Waals surface area contributed by atoms with Crippen LogP contribution in [0.2, 0.25) is 0 Å². The van der Waals surface area contributed by atoms with Gasteiger partial charge in [0.15, 0.2) is 0 Å². The maximum Gasteiger partial charge on any atom is 0.235 e. The van der Waals surface area contributed by atoms with Crippen LogP contribution < -0.4 is 10.2 Å². The molecule has 13 heavy (non-hydrogen) atoms. The molecule has 72 valence electrons. The first-order chi connectivity index (χ1) is 6.40. The van der Waals surface area contributed by atoms with Crippen LogP contribution in [0.4, 0.5) is 0 Å². The van der Waals surface area contributed by atoms with Gasteiger partial charge in [0.05, 0.1) is 26.0 Å². The first-order valence-electron chi connectivity index (χ1n) is 4.36. The first kappa shape index (κ1) is 8.52. The quantitative estimate of drug-likeness (QED) is 0.665. The lowest BCUT2D eigenvalue weighted by atomic mass is 10.2. The zero-order valence-electron chi connectivity index (χ0n) is 7.59. The summed E-state index contributed by atoms with van der Waals surface area (Å²) < 4.78 is 5.37. The number of hydroxylamine groups is 1. The van der Waals surface area contributed by atoms with Crippen molar-refractivity contribution in [2.45, 2.75) is 19.4 Å². The van der Waals surface area contributed by atoms with Crippen LogP contribution in [0.3, 0.4) is 0 Å². The fourth-order valence-corrected chi connectivity index (χ4v) is 1.38. The molecular weight excluding hydrogens is 170 g/mol. The van der Waals surface area contributed by atoms with Crippen LogP contribution >= 0.6 is 0 Å². The number of nitrogens with zero attached hydrogens (tertiary/aromatic N) is 1. The summed E-state index contributed by atoms with van der Waals surface area (Å²) in [4.78, 5) is 12.2. The summed E-state index contributed by atoms with van der Waals surface area (Å²) in [6.07, 6.45) is 2.08. The summed E-state index contributed by atoms with van der Waals surface area (Å²) in [5.41, 5.74) is 3.82. The molecule has 0 fully saturated rings. The highest BCUT2D eigenvalue weighted by molar-refractivity contribution is 5.22. The lowest BCUT2D eigenvalue weighted by molar-refractivity contribution is 0.0850. The van der Waals surface area contributed by atoms with E-state index in [2.05, 4.69) is 15.4 Å². The summed E-state index contributed by atoms with van der Waals surface area (Å²) in [7, 11) is 1.58. The molecule has 0 saturated heterocycles. The third-order valence-corrected chi connectivity index (χ3v) is 1.98. The molecule has 0 unspecified atom stereocenters. The van der Waals surface area contributed by atoms with E-state index in [0.717, 1.165) is 36.8 Å². The molecule has 0 saturated carbocycles. The van der Waals surface area contributed by atoms with Gasteiger partial charge >= 0.3 is 0 Å². The Morgan fingerprint density at radius 1 is 1.69 bits per heavy atom. The Hall–Kier alpha value is -1.07. The standard InChI is InChI=1S/C8H13N3O2/c1-12-9-5-7-10-6-3-2-4-13-8(6)11-7/h9H,2-5H2,1H3,(H,10,11). The molecule has 0 amide bonds. The van der Waals surface area contributed by atoms with Crippen LogP contribution in [-0.4, -0.2) is 23.7 Å². The average molecular weight is 183 g/mol. The number of hydrogen-bond donors (Lipinski definition) is 2. The van der Waals surface area contributed by atoms with E-state index in [1.807, 2.05) is 0 Å². The largest absolute Gasteiger partial charge is 0.476 e. The summed E-state index contributed by atoms with van der Waals surface area (Å²) in [6, 6.07) is 0. The van der Waals surface area contributed by atoms with Crippen molar-refractivity contribution in [2.24, 2.45) is 0 Å². The second-order valence-electron chi connectivity index (χ2n) is 2.94. The van der Waals surface area contributed by atoms with Crippen LogP contribution in [0.5, 0.6) is 5.88 Å². The molecule has 2 N–H and O–H groups in total. The Morgan fingerprint density at radius 3 is 3.38 bits per heavy atom. The molecule has 5 nitrogen and oxygen atoms in total. The highest BCUT2D eigenvalue weighted by atomic mass is 16.6. The molecule has 1 aliphatic rings. The monoisotopic (exact) mass is 183 g/mol. The molecule has 1 aliphatic heterocycles. The van der Waals surface area contributed by atoms with Crippen molar-refractivity contribution in [3.05, 3.63) is 11.5 Å². The fraction of sp³-hybridized carbons (Fsp3) is 0.625. The van der Waals surface area contributed by atoms with Crippen molar-refractivity contribution in [3.63, 3.8) is 0 Å². The molecule has 0 spiro atoms. The normalized spacial score (nSPS) is 15.2. The maximum atomic E-state index is 5.37. The number of imidazole rings is 1. The Morgan fingerprint density at radius 2 is 2.62 bits per heavy atom. The third-order valence-electron chi connectivity index (χ3n) is 1.98. The molecule has 1 aromatic heterocycles. The Balaban J connectivity index is 2.07.